The van der Waals surface area contributed by atoms with Crippen molar-refractivity contribution < 1.29 is 4.42 Å². The van der Waals surface area contributed by atoms with E-state index in [0.29, 0.717) is 0 Å². The van der Waals surface area contributed by atoms with Gasteiger partial charge in [-0.25, -0.2) is 0 Å². The summed E-state index contributed by atoms with van der Waals surface area (Å²) < 4.78 is 8.60. The third kappa shape index (κ3) is 4.11. The van der Waals surface area contributed by atoms with E-state index in [9.17, 15) is 0 Å². The number of aromatic nitrogens is 2. The normalized spacial score (nSPS) is 11.6. The number of hydrogen-bond acceptors (Lipinski definition) is 3. The lowest BCUT2D eigenvalue weighted by Gasteiger charge is -2.28. The SMILES string of the molecule is c1ccc(N(c2ccc3c(c2)oc2cnccc23)c2ccccc2-c2ccc(-n3c4ccccc4c4ccccc43)cc2)cc1. The average Bonchev–Trinajstić information content (AvgIpc) is 3.65. The maximum atomic E-state index is 6.25. The number of para-hydroxylation sites is 4. The fourth-order valence-electron chi connectivity index (χ4n) is 6.67. The predicted octanol–water partition coefficient (Wildman–Crippen LogP) is 11.2. The van der Waals surface area contributed by atoms with Crippen LogP contribution in [0.1, 0.15) is 0 Å². The summed E-state index contributed by atoms with van der Waals surface area (Å²) in [5.41, 5.74) is 10.7. The molecule has 0 saturated heterocycles. The number of pyridine rings is 1. The predicted molar refractivity (Wildman–Crippen MR) is 186 cm³/mol. The zero-order chi connectivity index (χ0) is 29.7. The van der Waals surface area contributed by atoms with Crippen molar-refractivity contribution in [3.63, 3.8) is 0 Å². The molecule has 0 aliphatic heterocycles. The number of furan rings is 1. The van der Waals surface area contributed by atoms with Crippen molar-refractivity contribution in [3.05, 3.63) is 164 Å². The lowest BCUT2D eigenvalue weighted by molar-refractivity contribution is 0.667. The maximum Gasteiger partial charge on any atom is 0.153 e. The Balaban J connectivity index is 1.18. The lowest BCUT2D eigenvalue weighted by Crippen LogP contribution is -2.11. The molecule has 4 nitrogen and oxygen atoms in total. The van der Waals surface area contributed by atoms with E-state index in [1.54, 1.807) is 6.20 Å². The van der Waals surface area contributed by atoms with Crippen LogP contribution < -0.4 is 4.90 Å². The van der Waals surface area contributed by atoms with Gasteiger partial charge in [-0.05, 0) is 66.2 Å². The van der Waals surface area contributed by atoms with Crippen LogP contribution in [0.4, 0.5) is 17.1 Å². The molecule has 0 unspecified atom stereocenters. The van der Waals surface area contributed by atoms with Gasteiger partial charge in [0.1, 0.15) is 5.58 Å². The zero-order valence-corrected chi connectivity index (χ0v) is 24.3. The van der Waals surface area contributed by atoms with Crippen molar-refractivity contribution in [2.45, 2.75) is 0 Å². The van der Waals surface area contributed by atoms with Gasteiger partial charge in [-0.15, -0.1) is 0 Å². The Kier molecular flexibility index (Phi) is 5.78. The van der Waals surface area contributed by atoms with Crippen molar-refractivity contribution in [1.82, 2.24) is 9.55 Å². The summed E-state index contributed by atoms with van der Waals surface area (Å²) in [5.74, 6) is 0. The third-order valence-corrected chi connectivity index (χ3v) is 8.69. The van der Waals surface area contributed by atoms with Gasteiger partial charge in [0.15, 0.2) is 5.58 Å². The summed E-state index contributed by atoms with van der Waals surface area (Å²) in [6, 6.07) is 53.7. The van der Waals surface area contributed by atoms with Crippen LogP contribution in [0.3, 0.4) is 0 Å². The van der Waals surface area contributed by atoms with Crippen LogP contribution >= 0.6 is 0 Å². The standard InChI is InChI=1S/C41H27N3O/c1-2-10-29(11-3-1)43(31-22-23-35-36-24-25-42-27-41(36)45-40(35)26-31)37-15-7-4-12-32(37)28-18-20-30(21-19-28)44-38-16-8-5-13-33(38)34-14-6-9-17-39(34)44/h1-27H. The van der Waals surface area contributed by atoms with Gasteiger partial charge in [0, 0.05) is 56.4 Å². The molecular formula is C41H27N3O. The van der Waals surface area contributed by atoms with Crippen molar-refractivity contribution in [2.75, 3.05) is 4.90 Å². The van der Waals surface area contributed by atoms with E-state index in [0.717, 1.165) is 55.8 Å². The molecule has 0 spiro atoms. The minimum atomic E-state index is 0.791. The molecule has 4 heteroatoms. The van der Waals surface area contributed by atoms with Crippen LogP contribution in [0.15, 0.2) is 168 Å². The molecule has 9 aromatic rings. The number of fused-ring (bicyclic) bond motifs is 6. The minimum Gasteiger partial charge on any atom is -0.454 e. The van der Waals surface area contributed by atoms with E-state index in [1.165, 1.54) is 21.8 Å². The van der Waals surface area contributed by atoms with E-state index < -0.39 is 0 Å². The topological polar surface area (TPSA) is 34.2 Å². The first kappa shape index (κ1) is 25.4. The van der Waals surface area contributed by atoms with E-state index in [1.807, 2.05) is 12.3 Å². The largest absolute Gasteiger partial charge is 0.454 e. The van der Waals surface area contributed by atoms with E-state index in [2.05, 4.69) is 160 Å². The Morgan fingerprint density at radius 2 is 1.18 bits per heavy atom. The fourth-order valence-corrected chi connectivity index (χ4v) is 6.67. The molecular weight excluding hydrogens is 550 g/mol. The molecule has 0 saturated carbocycles. The summed E-state index contributed by atoms with van der Waals surface area (Å²) >= 11 is 0. The van der Waals surface area contributed by atoms with Crippen LogP contribution in [-0.2, 0) is 0 Å². The minimum absolute atomic E-state index is 0.791. The first-order valence-corrected chi connectivity index (χ1v) is 15.1. The number of nitrogens with zero attached hydrogens (tertiary/aromatic N) is 3. The molecule has 0 N–H and O–H groups in total. The number of benzene rings is 6. The summed E-state index contributed by atoms with van der Waals surface area (Å²) in [4.78, 5) is 6.56. The molecule has 0 aliphatic carbocycles. The Bertz CT molecular complexity index is 2440. The molecule has 0 atom stereocenters. The van der Waals surface area contributed by atoms with Gasteiger partial charge in [0.25, 0.3) is 0 Å². The van der Waals surface area contributed by atoms with Gasteiger partial charge in [0.2, 0.25) is 0 Å². The van der Waals surface area contributed by atoms with E-state index >= 15 is 0 Å². The molecule has 3 heterocycles. The second kappa shape index (κ2) is 10.2. The van der Waals surface area contributed by atoms with Crippen molar-refractivity contribution in [1.29, 1.82) is 0 Å². The van der Waals surface area contributed by atoms with Crippen molar-refractivity contribution >= 4 is 60.8 Å². The molecule has 6 aromatic carbocycles. The zero-order valence-electron chi connectivity index (χ0n) is 24.3. The van der Waals surface area contributed by atoms with Crippen LogP contribution in [0, 0.1) is 0 Å². The molecule has 0 bridgehead atoms. The van der Waals surface area contributed by atoms with Gasteiger partial charge in [-0.1, -0.05) is 84.9 Å². The van der Waals surface area contributed by atoms with E-state index in [-0.39, 0.29) is 0 Å². The van der Waals surface area contributed by atoms with Crippen LogP contribution in [0.5, 0.6) is 0 Å². The summed E-state index contributed by atoms with van der Waals surface area (Å²) in [5, 5.41) is 4.68. The van der Waals surface area contributed by atoms with Gasteiger partial charge < -0.3 is 13.9 Å². The lowest BCUT2D eigenvalue weighted by atomic mass is 10.0. The first-order chi connectivity index (χ1) is 22.3. The monoisotopic (exact) mass is 577 g/mol. The average molecular weight is 578 g/mol. The highest BCUT2D eigenvalue weighted by atomic mass is 16.3. The highest BCUT2D eigenvalue weighted by Crippen LogP contribution is 2.43. The van der Waals surface area contributed by atoms with Crippen molar-refractivity contribution in [2.24, 2.45) is 0 Å². The molecule has 212 valence electrons. The number of hydrogen-bond donors (Lipinski definition) is 0. The summed E-state index contributed by atoms with van der Waals surface area (Å²) in [6.45, 7) is 0. The molecule has 9 rings (SSSR count). The van der Waals surface area contributed by atoms with Crippen LogP contribution in [0.25, 0.3) is 60.6 Å². The second-order valence-electron chi connectivity index (χ2n) is 11.3. The Morgan fingerprint density at radius 3 is 1.96 bits per heavy atom. The highest BCUT2D eigenvalue weighted by molar-refractivity contribution is 6.09. The van der Waals surface area contributed by atoms with Crippen molar-refractivity contribution in [3.8, 4) is 16.8 Å². The maximum absolute atomic E-state index is 6.25. The second-order valence-corrected chi connectivity index (χ2v) is 11.3. The number of anilines is 3. The quantitative estimate of drug-likeness (QED) is 0.204. The molecule has 0 radical (unpaired) electrons. The number of rotatable bonds is 5. The highest BCUT2D eigenvalue weighted by Gasteiger charge is 2.19. The fraction of sp³-hybridized carbons (Fsp3) is 0. The third-order valence-electron chi connectivity index (χ3n) is 8.69. The van der Waals surface area contributed by atoms with E-state index in [4.69, 9.17) is 4.42 Å². The van der Waals surface area contributed by atoms with Gasteiger partial charge in [-0.2, -0.15) is 0 Å². The van der Waals surface area contributed by atoms with Gasteiger partial charge >= 0.3 is 0 Å². The van der Waals surface area contributed by atoms with Gasteiger partial charge in [-0.3, -0.25) is 4.98 Å². The molecule has 0 amide bonds. The molecule has 45 heavy (non-hydrogen) atoms. The Morgan fingerprint density at radius 1 is 0.511 bits per heavy atom. The van der Waals surface area contributed by atoms with Crippen LogP contribution in [-0.4, -0.2) is 9.55 Å². The molecule has 0 aliphatic rings. The van der Waals surface area contributed by atoms with Gasteiger partial charge in [0.05, 0.1) is 22.9 Å². The summed E-state index contributed by atoms with van der Waals surface area (Å²) in [7, 11) is 0. The summed E-state index contributed by atoms with van der Waals surface area (Å²) in [6.07, 6.45) is 3.59. The molecule has 0 fully saturated rings. The van der Waals surface area contributed by atoms with Crippen LogP contribution in [0.2, 0.25) is 0 Å². The Labute approximate surface area is 260 Å². The first-order valence-electron chi connectivity index (χ1n) is 15.1. The molecule has 3 aromatic heterocycles. The Hall–Kier alpha value is -6.13. The smallest absolute Gasteiger partial charge is 0.153 e.